The minimum Gasteiger partial charge on any atom is -0.506 e. The molecule has 0 fully saturated rings. The Labute approximate surface area is 118 Å². The summed E-state index contributed by atoms with van der Waals surface area (Å²) in [4.78, 5) is 48.2. The number of hydrogen-bond acceptors (Lipinski definition) is 5. The molecule has 3 rings (SSSR count). The fraction of sp³-hybridized carbons (Fsp3) is 0. The van der Waals surface area contributed by atoms with Crippen LogP contribution < -0.4 is 9.80 Å². The highest BCUT2D eigenvalue weighted by Crippen LogP contribution is 2.34. The van der Waals surface area contributed by atoms with E-state index in [0.717, 1.165) is 34.1 Å². The van der Waals surface area contributed by atoms with E-state index in [-0.39, 0.29) is 17.1 Å². The van der Waals surface area contributed by atoms with Crippen LogP contribution in [-0.2, 0) is 19.2 Å². The summed E-state index contributed by atoms with van der Waals surface area (Å²) in [7, 11) is 0. The van der Waals surface area contributed by atoms with Gasteiger partial charge in [0.1, 0.15) is 5.75 Å². The Morgan fingerprint density at radius 1 is 0.714 bits per heavy atom. The van der Waals surface area contributed by atoms with Crippen molar-refractivity contribution in [2.24, 2.45) is 0 Å². The first kappa shape index (κ1) is 12.8. The molecule has 0 atom stereocenters. The number of nitrogens with zero attached hydrogens (tertiary/aromatic N) is 2. The first-order valence-electron chi connectivity index (χ1n) is 5.94. The average molecular weight is 284 g/mol. The van der Waals surface area contributed by atoms with Crippen LogP contribution in [0.25, 0.3) is 0 Å². The standard InChI is InChI=1S/C14H8N2O5/c17-10-2-1-8(15-11(18)3-4-12(15)19)7-9(10)16-13(20)5-6-14(16)21/h1-7,17H. The van der Waals surface area contributed by atoms with E-state index in [4.69, 9.17) is 0 Å². The van der Waals surface area contributed by atoms with Crippen LogP contribution >= 0.6 is 0 Å². The van der Waals surface area contributed by atoms with Crippen LogP contribution in [0.5, 0.6) is 5.75 Å². The molecule has 0 unspecified atom stereocenters. The smallest absolute Gasteiger partial charge is 0.258 e. The van der Waals surface area contributed by atoms with Crippen molar-refractivity contribution in [1.29, 1.82) is 0 Å². The predicted molar refractivity (Wildman–Crippen MR) is 71.4 cm³/mol. The van der Waals surface area contributed by atoms with E-state index in [1.165, 1.54) is 18.2 Å². The molecule has 0 aliphatic carbocycles. The van der Waals surface area contributed by atoms with E-state index in [9.17, 15) is 24.3 Å². The zero-order chi connectivity index (χ0) is 15.1. The quantitative estimate of drug-likeness (QED) is 0.785. The molecule has 1 aromatic rings. The zero-order valence-electron chi connectivity index (χ0n) is 10.5. The largest absolute Gasteiger partial charge is 0.506 e. The molecule has 0 bridgehead atoms. The molecule has 7 nitrogen and oxygen atoms in total. The highest BCUT2D eigenvalue weighted by molar-refractivity contribution is 6.30. The number of amides is 4. The molecule has 2 aliphatic heterocycles. The molecule has 0 saturated heterocycles. The van der Waals surface area contributed by atoms with Crippen molar-refractivity contribution in [3.8, 4) is 5.75 Å². The number of rotatable bonds is 2. The first-order valence-corrected chi connectivity index (χ1v) is 5.94. The molecule has 0 aromatic heterocycles. The van der Waals surface area contributed by atoms with Gasteiger partial charge < -0.3 is 5.11 Å². The van der Waals surface area contributed by atoms with Crippen molar-refractivity contribution < 1.29 is 24.3 Å². The molecule has 21 heavy (non-hydrogen) atoms. The molecule has 0 radical (unpaired) electrons. The maximum Gasteiger partial charge on any atom is 0.258 e. The van der Waals surface area contributed by atoms with Crippen LogP contribution in [0.4, 0.5) is 11.4 Å². The third-order valence-corrected chi connectivity index (χ3v) is 3.08. The lowest BCUT2D eigenvalue weighted by molar-refractivity contribution is -0.121. The van der Waals surface area contributed by atoms with Crippen molar-refractivity contribution in [3.05, 3.63) is 42.5 Å². The molecule has 4 amide bonds. The SMILES string of the molecule is O=C1C=CC(=O)N1c1ccc(O)c(N2C(=O)C=CC2=O)c1. The van der Waals surface area contributed by atoms with Crippen LogP contribution in [0.2, 0.25) is 0 Å². The van der Waals surface area contributed by atoms with Crippen LogP contribution in [0.1, 0.15) is 0 Å². The minimum absolute atomic E-state index is 0.0833. The Kier molecular flexibility index (Phi) is 2.69. The molecule has 2 heterocycles. The second-order valence-electron chi connectivity index (χ2n) is 4.36. The fourth-order valence-electron chi connectivity index (χ4n) is 2.12. The monoisotopic (exact) mass is 284 g/mol. The number of hydrogen-bond donors (Lipinski definition) is 1. The van der Waals surface area contributed by atoms with Crippen LogP contribution in [0, 0.1) is 0 Å². The van der Waals surface area contributed by atoms with Gasteiger partial charge in [-0.1, -0.05) is 0 Å². The summed E-state index contributed by atoms with van der Waals surface area (Å²) in [6.07, 6.45) is 4.37. The van der Waals surface area contributed by atoms with Gasteiger partial charge in [-0.3, -0.25) is 19.2 Å². The Hall–Kier alpha value is -3.22. The van der Waals surface area contributed by atoms with Crippen LogP contribution in [0.3, 0.4) is 0 Å². The summed E-state index contributed by atoms with van der Waals surface area (Å²) in [5.41, 5.74) is 0.0790. The molecule has 1 N–H and O–H groups in total. The average Bonchev–Trinajstić information content (AvgIpc) is 2.95. The maximum atomic E-state index is 11.6. The van der Waals surface area contributed by atoms with Gasteiger partial charge in [0, 0.05) is 24.3 Å². The number of carbonyl (C=O) groups is 4. The van der Waals surface area contributed by atoms with Gasteiger partial charge in [0.05, 0.1) is 11.4 Å². The van der Waals surface area contributed by atoms with Gasteiger partial charge in [0.25, 0.3) is 23.6 Å². The molecular weight excluding hydrogens is 276 g/mol. The van der Waals surface area contributed by atoms with Crippen LogP contribution in [0.15, 0.2) is 42.5 Å². The highest BCUT2D eigenvalue weighted by atomic mass is 16.3. The molecule has 104 valence electrons. The normalized spacial score (nSPS) is 17.5. The molecule has 0 saturated carbocycles. The van der Waals surface area contributed by atoms with E-state index in [0.29, 0.717) is 0 Å². The Bertz CT molecular complexity index is 727. The summed E-state index contributed by atoms with van der Waals surface area (Å²) in [6, 6.07) is 3.80. The second kappa shape index (κ2) is 4.41. The van der Waals surface area contributed by atoms with Crippen molar-refractivity contribution >= 4 is 35.0 Å². The number of imide groups is 2. The number of benzene rings is 1. The van der Waals surface area contributed by atoms with Crippen molar-refractivity contribution in [3.63, 3.8) is 0 Å². The predicted octanol–water partition coefficient (Wildman–Crippen LogP) is 0.251. The molecule has 7 heteroatoms. The van der Waals surface area contributed by atoms with Crippen molar-refractivity contribution in [2.45, 2.75) is 0 Å². The summed E-state index contributed by atoms with van der Waals surface area (Å²) in [5.74, 6) is -2.59. The lowest BCUT2D eigenvalue weighted by atomic mass is 10.2. The molecule has 2 aliphatic rings. The van der Waals surface area contributed by atoms with Gasteiger partial charge in [0.15, 0.2) is 0 Å². The lowest BCUT2D eigenvalue weighted by Crippen LogP contribution is -2.32. The second-order valence-corrected chi connectivity index (χ2v) is 4.36. The first-order chi connectivity index (χ1) is 9.99. The van der Waals surface area contributed by atoms with Gasteiger partial charge >= 0.3 is 0 Å². The van der Waals surface area contributed by atoms with E-state index >= 15 is 0 Å². The molecule has 0 spiro atoms. The summed E-state index contributed by atoms with van der Waals surface area (Å²) >= 11 is 0. The van der Waals surface area contributed by atoms with Crippen molar-refractivity contribution in [2.75, 3.05) is 9.80 Å². The van der Waals surface area contributed by atoms with Gasteiger partial charge in [-0.15, -0.1) is 0 Å². The number of phenols is 1. The van der Waals surface area contributed by atoms with E-state index in [1.54, 1.807) is 0 Å². The molecule has 1 aromatic carbocycles. The number of aromatic hydroxyl groups is 1. The zero-order valence-corrected chi connectivity index (χ0v) is 10.5. The number of anilines is 2. The van der Waals surface area contributed by atoms with Gasteiger partial charge in [-0.05, 0) is 18.2 Å². The molecular formula is C14H8N2O5. The minimum atomic E-state index is -0.607. The Morgan fingerprint density at radius 3 is 1.71 bits per heavy atom. The van der Waals surface area contributed by atoms with Gasteiger partial charge in [-0.2, -0.15) is 0 Å². The number of phenolic OH excluding ortho intramolecular Hbond substituents is 1. The van der Waals surface area contributed by atoms with Gasteiger partial charge in [-0.25, -0.2) is 9.80 Å². The van der Waals surface area contributed by atoms with Crippen LogP contribution in [-0.4, -0.2) is 28.7 Å². The van der Waals surface area contributed by atoms with Crippen molar-refractivity contribution in [1.82, 2.24) is 0 Å². The highest BCUT2D eigenvalue weighted by Gasteiger charge is 2.30. The van der Waals surface area contributed by atoms with E-state index in [1.807, 2.05) is 0 Å². The summed E-state index contributed by atoms with van der Waals surface area (Å²) < 4.78 is 0. The summed E-state index contributed by atoms with van der Waals surface area (Å²) in [6.45, 7) is 0. The number of carbonyl (C=O) groups excluding carboxylic acids is 4. The topological polar surface area (TPSA) is 95.0 Å². The third kappa shape index (κ3) is 1.91. The van der Waals surface area contributed by atoms with E-state index < -0.39 is 23.6 Å². The van der Waals surface area contributed by atoms with Gasteiger partial charge in [0.2, 0.25) is 0 Å². The maximum absolute atomic E-state index is 11.6. The summed E-state index contributed by atoms with van der Waals surface area (Å²) in [5, 5.41) is 9.83. The third-order valence-electron chi connectivity index (χ3n) is 3.08. The lowest BCUT2D eigenvalue weighted by Gasteiger charge is -2.19. The fourth-order valence-corrected chi connectivity index (χ4v) is 2.12. The van der Waals surface area contributed by atoms with E-state index in [2.05, 4.69) is 0 Å². The Morgan fingerprint density at radius 2 is 1.19 bits per heavy atom. The Balaban J connectivity index is 2.05.